The van der Waals surface area contributed by atoms with Gasteiger partial charge in [0.25, 0.3) is 0 Å². The summed E-state index contributed by atoms with van der Waals surface area (Å²) in [5.41, 5.74) is 0.645. The predicted octanol–water partition coefficient (Wildman–Crippen LogP) is 1.37. The molecule has 0 amide bonds. The molecule has 3 heteroatoms. The Kier molecular flexibility index (Phi) is 1.25. The van der Waals surface area contributed by atoms with Crippen LogP contribution in [0.5, 0.6) is 5.75 Å². The summed E-state index contributed by atoms with van der Waals surface area (Å²) in [7, 11) is 0. The topological polar surface area (TPSA) is 49.8 Å². The van der Waals surface area contributed by atoms with E-state index in [0.717, 1.165) is 0 Å². The van der Waals surface area contributed by atoms with E-state index < -0.39 is 5.60 Å². The molecule has 1 heterocycles. The molecular weight excluding hydrogens is 180 g/mol. The average Bonchev–Trinajstić information content (AvgIpc) is 2.93. The molecule has 1 aliphatic heterocycles. The van der Waals surface area contributed by atoms with Crippen molar-refractivity contribution in [3.8, 4) is 5.75 Å². The molecule has 3 rings (SSSR count). The summed E-state index contributed by atoms with van der Waals surface area (Å²) in [6, 6.07) is 4.96. The largest absolute Gasteiger partial charge is 0.508 e. The molecule has 1 spiro atoms. The van der Waals surface area contributed by atoms with Crippen molar-refractivity contribution in [3.05, 3.63) is 41.5 Å². The summed E-state index contributed by atoms with van der Waals surface area (Å²) in [5, 5.41) is 9.68. The monoisotopic (exact) mass is 188 g/mol. The number of phenolic OH excluding ortho intramolecular Hbond substituents is 1. The fraction of sp³-hybridized carbons (Fsp3) is 0.182. The van der Waals surface area contributed by atoms with Crippen molar-refractivity contribution < 1.29 is 14.6 Å². The lowest BCUT2D eigenvalue weighted by Gasteiger charge is -2.17. The van der Waals surface area contributed by atoms with Crippen molar-refractivity contribution in [1.82, 2.24) is 0 Å². The first-order valence-corrected chi connectivity index (χ1v) is 4.43. The van der Waals surface area contributed by atoms with Gasteiger partial charge < -0.3 is 9.84 Å². The Labute approximate surface area is 80.6 Å². The summed E-state index contributed by atoms with van der Waals surface area (Å²) < 4.78 is 5.29. The Hall–Kier alpha value is -1.61. The molecular formula is C11H8O3. The number of phenols is 1. The number of carbonyl (C=O) groups is 1. The molecule has 14 heavy (non-hydrogen) atoms. The van der Waals surface area contributed by atoms with E-state index in [-0.39, 0.29) is 11.5 Å². The van der Waals surface area contributed by atoms with Crippen molar-refractivity contribution in [2.75, 3.05) is 6.61 Å². The summed E-state index contributed by atoms with van der Waals surface area (Å²) in [4.78, 5) is 11.5. The molecule has 2 aliphatic rings. The first kappa shape index (κ1) is 7.76. The fourth-order valence-electron chi connectivity index (χ4n) is 1.89. The van der Waals surface area contributed by atoms with Gasteiger partial charge in [-0.1, -0.05) is 12.1 Å². The van der Waals surface area contributed by atoms with Gasteiger partial charge >= 0.3 is 0 Å². The maximum Gasteiger partial charge on any atom is 0.186 e. The van der Waals surface area contributed by atoms with Gasteiger partial charge in [0.05, 0.1) is 6.61 Å². The van der Waals surface area contributed by atoms with E-state index in [1.165, 1.54) is 6.08 Å². The Balaban J connectivity index is 2.32. The van der Waals surface area contributed by atoms with E-state index in [2.05, 4.69) is 0 Å². The first-order chi connectivity index (χ1) is 6.73. The van der Waals surface area contributed by atoms with Crippen molar-refractivity contribution in [1.29, 1.82) is 0 Å². The third-order valence-corrected chi connectivity index (χ3v) is 2.69. The van der Waals surface area contributed by atoms with Gasteiger partial charge in [0.2, 0.25) is 0 Å². The molecule has 1 fully saturated rings. The predicted molar refractivity (Wildman–Crippen MR) is 49.2 cm³/mol. The Bertz CT molecular complexity index is 456. The number of fused-ring (bicyclic) bond motifs is 2. The number of epoxide rings is 1. The number of carbonyl (C=O) groups excluding carboxylic acids is 1. The van der Waals surface area contributed by atoms with Gasteiger partial charge in [-0.25, -0.2) is 0 Å². The molecule has 0 bridgehead atoms. The fourth-order valence-corrected chi connectivity index (χ4v) is 1.89. The zero-order valence-corrected chi connectivity index (χ0v) is 7.36. The van der Waals surface area contributed by atoms with E-state index in [4.69, 9.17) is 4.74 Å². The minimum atomic E-state index is -0.519. The van der Waals surface area contributed by atoms with Gasteiger partial charge in [0.15, 0.2) is 5.78 Å². The first-order valence-electron chi connectivity index (χ1n) is 4.43. The lowest BCUT2D eigenvalue weighted by atomic mass is 9.87. The molecule has 70 valence electrons. The zero-order chi connectivity index (χ0) is 9.76. The quantitative estimate of drug-likeness (QED) is 0.625. The van der Waals surface area contributed by atoms with Crippen LogP contribution in [-0.4, -0.2) is 17.5 Å². The van der Waals surface area contributed by atoms with Crippen LogP contribution >= 0.6 is 0 Å². The molecule has 1 aliphatic carbocycles. The standard InChI is InChI=1S/C11H8O3/c12-8-4-5-11(6-14-11)10-7(8)2-1-3-9(10)13/h1-5,13H,6H2. The summed E-state index contributed by atoms with van der Waals surface area (Å²) in [6.07, 6.45) is 3.23. The van der Waals surface area contributed by atoms with E-state index in [1.54, 1.807) is 24.3 Å². The zero-order valence-electron chi connectivity index (χ0n) is 7.36. The highest BCUT2D eigenvalue weighted by atomic mass is 16.6. The third kappa shape index (κ3) is 0.822. The number of hydrogen-bond donors (Lipinski definition) is 1. The van der Waals surface area contributed by atoms with Gasteiger partial charge in [-0.05, 0) is 18.2 Å². The van der Waals surface area contributed by atoms with Crippen molar-refractivity contribution in [2.45, 2.75) is 5.60 Å². The highest BCUT2D eigenvalue weighted by Gasteiger charge is 2.49. The molecule has 1 aromatic rings. The second-order valence-electron chi connectivity index (χ2n) is 3.58. The third-order valence-electron chi connectivity index (χ3n) is 2.69. The number of rotatable bonds is 0. The molecule has 3 nitrogen and oxygen atoms in total. The van der Waals surface area contributed by atoms with E-state index in [9.17, 15) is 9.90 Å². The lowest BCUT2D eigenvalue weighted by molar-refractivity contribution is 0.103. The normalized spacial score (nSPS) is 27.9. The van der Waals surface area contributed by atoms with E-state index >= 15 is 0 Å². The van der Waals surface area contributed by atoms with Crippen LogP contribution in [0.2, 0.25) is 0 Å². The van der Waals surface area contributed by atoms with Gasteiger partial charge in [-0.2, -0.15) is 0 Å². The number of hydrogen-bond acceptors (Lipinski definition) is 3. The van der Waals surface area contributed by atoms with E-state index in [1.807, 2.05) is 0 Å². The number of aromatic hydroxyl groups is 1. The lowest BCUT2D eigenvalue weighted by Crippen LogP contribution is -2.16. The molecule has 0 aromatic heterocycles. The Morgan fingerprint density at radius 2 is 2.21 bits per heavy atom. The minimum absolute atomic E-state index is 0.0722. The van der Waals surface area contributed by atoms with Crippen molar-refractivity contribution in [3.63, 3.8) is 0 Å². The van der Waals surface area contributed by atoms with Crippen LogP contribution in [-0.2, 0) is 10.3 Å². The summed E-state index contributed by atoms with van der Waals surface area (Å²) in [6.45, 7) is 0.543. The van der Waals surface area contributed by atoms with Crippen LogP contribution in [0.4, 0.5) is 0 Å². The number of benzene rings is 1. The smallest absolute Gasteiger partial charge is 0.186 e. The van der Waals surface area contributed by atoms with Crippen molar-refractivity contribution in [2.24, 2.45) is 0 Å². The van der Waals surface area contributed by atoms with Gasteiger partial charge in [-0.15, -0.1) is 0 Å². The molecule has 1 atom stereocenters. The van der Waals surface area contributed by atoms with Crippen LogP contribution in [0.1, 0.15) is 15.9 Å². The molecule has 1 unspecified atom stereocenters. The van der Waals surface area contributed by atoms with Crippen LogP contribution in [0.25, 0.3) is 0 Å². The Morgan fingerprint density at radius 3 is 2.93 bits per heavy atom. The second-order valence-corrected chi connectivity index (χ2v) is 3.58. The summed E-state index contributed by atoms with van der Waals surface area (Å²) >= 11 is 0. The number of allylic oxidation sites excluding steroid dienone is 1. The number of ether oxygens (including phenoxy) is 1. The second kappa shape index (κ2) is 2.25. The molecule has 1 aromatic carbocycles. The highest BCUT2D eigenvalue weighted by molar-refractivity contribution is 6.08. The van der Waals surface area contributed by atoms with Crippen LogP contribution in [0, 0.1) is 0 Å². The highest BCUT2D eigenvalue weighted by Crippen LogP contribution is 2.47. The van der Waals surface area contributed by atoms with Crippen LogP contribution < -0.4 is 0 Å². The average molecular weight is 188 g/mol. The Morgan fingerprint density at radius 1 is 1.43 bits per heavy atom. The van der Waals surface area contributed by atoms with Crippen LogP contribution in [0.3, 0.4) is 0 Å². The molecule has 0 saturated carbocycles. The molecule has 1 N–H and O–H groups in total. The maximum absolute atomic E-state index is 11.5. The molecule has 1 saturated heterocycles. The van der Waals surface area contributed by atoms with Gasteiger partial charge in [0, 0.05) is 11.1 Å². The van der Waals surface area contributed by atoms with Gasteiger partial charge in [0.1, 0.15) is 11.4 Å². The molecule has 0 radical (unpaired) electrons. The number of ketones is 1. The summed E-state index contributed by atoms with van der Waals surface area (Å²) in [5.74, 6) is 0.0646. The van der Waals surface area contributed by atoms with Gasteiger partial charge in [-0.3, -0.25) is 4.79 Å². The SMILES string of the molecule is O=C1C=CC2(CO2)c2c(O)cccc21. The van der Waals surface area contributed by atoms with Crippen LogP contribution in [0.15, 0.2) is 30.4 Å². The minimum Gasteiger partial charge on any atom is -0.508 e. The maximum atomic E-state index is 11.5. The van der Waals surface area contributed by atoms with E-state index in [0.29, 0.717) is 17.7 Å². The van der Waals surface area contributed by atoms with Crippen molar-refractivity contribution >= 4 is 5.78 Å².